The molecular weight excluding hydrogens is 240 g/mol. The molecule has 0 heterocycles. The standard InChI is InChI=1S/C16H16O3/c1-12-7-9-14(10-8-12)18-11-16(17)19-15-6-4-3-5-13(15)2/h3-10H,11H2,1-2H3. The van der Waals surface area contributed by atoms with Gasteiger partial charge in [0.15, 0.2) is 6.61 Å². The Morgan fingerprint density at radius 3 is 2.37 bits per heavy atom. The first-order chi connectivity index (χ1) is 9.15. The van der Waals surface area contributed by atoms with Crippen molar-refractivity contribution < 1.29 is 14.3 Å². The van der Waals surface area contributed by atoms with E-state index in [1.807, 2.05) is 56.3 Å². The van der Waals surface area contributed by atoms with E-state index in [9.17, 15) is 4.79 Å². The van der Waals surface area contributed by atoms with E-state index in [4.69, 9.17) is 9.47 Å². The smallest absolute Gasteiger partial charge is 0.349 e. The van der Waals surface area contributed by atoms with E-state index in [1.54, 1.807) is 6.07 Å². The average molecular weight is 256 g/mol. The number of hydrogen-bond donors (Lipinski definition) is 0. The fourth-order valence-electron chi connectivity index (χ4n) is 1.60. The lowest BCUT2D eigenvalue weighted by Crippen LogP contribution is -2.18. The van der Waals surface area contributed by atoms with Crippen molar-refractivity contribution in [3.05, 3.63) is 59.7 Å². The van der Waals surface area contributed by atoms with Crippen molar-refractivity contribution in [2.24, 2.45) is 0 Å². The molecule has 0 radical (unpaired) electrons. The number of benzene rings is 2. The van der Waals surface area contributed by atoms with E-state index in [1.165, 1.54) is 0 Å². The summed E-state index contributed by atoms with van der Waals surface area (Å²) in [5.74, 6) is 0.821. The van der Waals surface area contributed by atoms with Gasteiger partial charge in [0.25, 0.3) is 0 Å². The Balaban J connectivity index is 1.88. The lowest BCUT2D eigenvalue weighted by atomic mass is 10.2. The highest BCUT2D eigenvalue weighted by atomic mass is 16.6. The zero-order valence-corrected chi connectivity index (χ0v) is 11.1. The monoisotopic (exact) mass is 256 g/mol. The Morgan fingerprint density at radius 2 is 1.68 bits per heavy atom. The summed E-state index contributed by atoms with van der Waals surface area (Å²) >= 11 is 0. The highest BCUT2D eigenvalue weighted by Crippen LogP contribution is 2.16. The van der Waals surface area contributed by atoms with Crippen LogP contribution in [0.2, 0.25) is 0 Å². The maximum Gasteiger partial charge on any atom is 0.349 e. The highest BCUT2D eigenvalue weighted by molar-refractivity contribution is 5.74. The van der Waals surface area contributed by atoms with Gasteiger partial charge in [-0.05, 0) is 37.6 Å². The average Bonchev–Trinajstić information content (AvgIpc) is 2.41. The second-order valence-electron chi connectivity index (χ2n) is 4.34. The number of ether oxygens (including phenoxy) is 2. The molecular formula is C16H16O3. The Morgan fingerprint density at radius 1 is 1.00 bits per heavy atom. The third kappa shape index (κ3) is 3.85. The third-order valence-corrected chi connectivity index (χ3v) is 2.70. The molecule has 0 aromatic heterocycles. The lowest BCUT2D eigenvalue weighted by molar-refractivity contribution is -0.136. The number of carbonyl (C=O) groups is 1. The van der Waals surface area contributed by atoms with Crippen LogP contribution in [0, 0.1) is 13.8 Å². The number of rotatable bonds is 4. The van der Waals surface area contributed by atoms with Crippen LogP contribution in [0.1, 0.15) is 11.1 Å². The minimum Gasteiger partial charge on any atom is -0.482 e. The van der Waals surface area contributed by atoms with Gasteiger partial charge in [0.05, 0.1) is 0 Å². The number of carbonyl (C=O) groups excluding carboxylic acids is 1. The van der Waals surface area contributed by atoms with E-state index >= 15 is 0 Å². The molecule has 0 aliphatic carbocycles. The maximum atomic E-state index is 11.7. The SMILES string of the molecule is Cc1ccc(OCC(=O)Oc2ccccc2C)cc1. The molecule has 0 aliphatic heterocycles. The third-order valence-electron chi connectivity index (χ3n) is 2.70. The molecule has 0 unspecified atom stereocenters. The molecule has 3 heteroatoms. The second kappa shape index (κ2) is 6.05. The van der Waals surface area contributed by atoms with Crippen LogP contribution in [-0.4, -0.2) is 12.6 Å². The van der Waals surface area contributed by atoms with Crippen LogP contribution >= 0.6 is 0 Å². The molecule has 98 valence electrons. The first-order valence-corrected chi connectivity index (χ1v) is 6.11. The van der Waals surface area contributed by atoms with E-state index in [-0.39, 0.29) is 6.61 Å². The van der Waals surface area contributed by atoms with Crippen LogP contribution in [0.3, 0.4) is 0 Å². The van der Waals surface area contributed by atoms with Gasteiger partial charge in [-0.3, -0.25) is 0 Å². The van der Waals surface area contributed by atoms with Gasteiger partial charge in [0.1, 0.15) is 11.5 Å². The lowest BCUT2D eigenvalue weighted by Gasteiger charge is -2.08. The van der Waals surface area contributed by atoms with Gasteiger partial charge in [0.2, 0.25) is 0 Å². The summed E-state index contributed by atoms with van der Waals surface area (Å²) in [5, 5.41) is 0. The van der Waals surface area contributed by atoms with E-state index in [2.05, 4.69) is 0 Å². The van der Waals surface area contributed by atoms with Crippen molar-refractivity contribution in [3.8, 4) is 11.5 Å². The molecule has 0 N–H and O–H groups in total. The molecule has 2 aromatic carbocycles. The Kier molecular flexibility index (Phi) is 4.18. The molecule has 19 heavy (non-hydrogen) atoms. The number of esters is 1. The molecule has 2 aromatic rings. The molecule has 0 saturated heterocycles. The first-order valence-electron chi connectivity index (χ1n) is 6.11. The fraction of sp³-hybridized carbons (Fsp3) is 0.188. The van der Waals surface area contributed by atoms with Gasteiger partial charge in [0, 0.05) is 0 Å². The molecule has 3 nitrogen and oxygen atoms in total. The molecule has 0 bridgehead atoms. The first kappa shape index (κ1) is 13.1. The Bertz CT molecular complexity index is 558. The van der Waals surface area contributed by atoms with Crippen molar-refractivity contribution in [1.29, 1.82) is 0 Å². The van der Waals surface area contributed by atoms with Gasteiger partial charge < -0.3 is 9.47 Å². The summed E-state index contributed by atoms with van der Waals surface area (Å²) in [7, 11) is 0. The van der Waals surface area contributed by atoms with E-state index < -0.39 is 5.97 Å². The summed E-state index contributed by atoms with van der Waals surface area (Å²) < 4.78 is 10.6. The molecule has 0 saturated carbocycles. The van der Waals surface area contributed by atoms with Gasteiger partial charge in [-0.15, -0.1) is 0 Å². The summed E-state index contributed by atoms with van der Waals surface area (Å²) in [5.41, 5.74) is 2.07. The van der Waals surface area contributed by atoms with E-state index in [0.717, 1.165) is 11.1 Å². The van der Waals surface area contributed by atoms with Gasteiger partial charge in [-0.25, -0.2) is 4.79 Å². The van der Waals surface area contributed by atoms with Crippen LogP contribution in [0.4, 0.5) is 0 Å². The van der Waals surface area contributed by atoms with Gasteiger partial charge >= 0.3 is 5.97 Å². The molecule has 0 amide bonds. The molecule has 0 aliphatic rings. The van der Waals surface area contributed by atoms with Gasteiger partial charge in [-0.2, -0.15) is 0 Å². The molecule has 0 fully saturated rings. The Labute approximate surface area is 112 Å². The zero-order valence-electron chi connectivity index (χ0n) is 11.1. The van der Waals surface area contributed by atoms with Crippen LogP contribution in [0.5, 0.6) is 11.5 Å². The predicted octanol–water partition coefficient (Wildman–Crippen LogP) is 3.29. The summed E-state index contributed by atoms with van der Waals surface area (Å²) in [4.78, 5) is 11.7. The summed E-state index contributed by atoms with van der Waals surface area (Å²) in [6.45, 7) is 3.79. The van der Waals surface area contributed by atoms with Gasteiger partial charge in [-0.1, -0.05) is 35.9 Å². The quantitative estimate of drug-likeness (QED) is 0.622. The molecule has 2 rings (SSSR count). The predicted molar refractivity (Wildman–Crippen MR) is 73.5 cm³/mol. The number of aryl methyl sites for hydroxylation is 2. The largest absolute Gasteiger partial charge is 0.482 e. The van der Waals surface area contributed by atoms with Crippen molar-refractivity contribution in [2.45, 2.75) is 13.8 Å². The number of para-hydroxylation sites is 1. The van der Waals surface area contributed by atoms with E-state index in [0.29, 0.717) is 11.5 Å². The minimum atomic E-state index is -0.408. The molecule has 0 spiro atoms. The van der Waals surface area contributed by atoms with Crippen LogP contribution < -0.4 is 9.47 Å². The normalized spacial score (nSPS) is 10.0. The van der Waals surface area contributed by atoms with Crippen molar-refractivity contribution in [2.75, 3.05) is 6.61 Å². The van der Waals surface area contributed by atoms with Crippen molar-refractivity contribution in [1.82, 2.24) is 0 Å². The van der Waals surface area contributed by atoms with Crippen LogP contribution in [0.15, 0.2) is 48.5 Å². The zero-order chi connectivity index (χ0) is 13.7. The topological polar surface area (TPSA) is 35.5 Å². The minimum absolute atomic E-state index is 0.0998. The summed E-state index contributed by atoms with van der Waals surface area (Å²) in [6, 6.07) is 14.9. The van der Waals surface area contributed by atoms with Crippen LogP contribution in [-0.2, 0) is 4.79 Å². The highest BCUT2D eigenvalue weighted by Gasteiger charge is 2.07. The Hall–Kier alpha value is -2.29. The maximum absolute atomic E-state index is 11.7. The molecule has 0 atom stereocenters. The van der Waals surface area contributed by atoms with Crippen molar-refractivity contribution >= 4 is 5.97 Å². The number of hydrogen-bond acceptors (Lipinski definition) is 3. The summed E-state index contributed by atoms with van der Waals surface area (Å²) in [6.07, 6.45) is 0. The fourth-order valence-corrected chi connectivity index (χ4v) is 1.60. The van der Waals surface area contributed by atoms with Crippen LogP contribution in [0.25, 0.3) is 0 Å². The second-order valence-corrected chi connectivity index (χ2v) is 4.34. The van der Waals surface area contributed by atoms with Crippen molar-refractivity contribution in [3.63, 3.8) is 0 Å².